The second kappa shape index (κ2) is 6.65. The van der Waals surface area contributed by atoms with Gasteiger partial charge < -0.3 is 9.47 Å². The number of hydrogen-bond donors (Lipinski definition) is 1. The van der Waals surface area contributed by atoms with Gasteiger partial charge in [-0.25, -0.2) is 0 Å². The lowest BCUT2D eigenvalue weighted by molar-refractivity contribution is -0.114. The second-order valence-electron chi connectivity index (χ2n) is 6.29. The number of rotatable bonds is 3. The molecule has 5 rings (SSSR count). The van der Waals surface area contributed by atoms with E-state index in [0.717, 1.165) is 16.2 Å². The number of hydrazone groups is 1. The first kappa shape index (κ1) is 16.8. The second-order valence-corrected chi connectivity index (χ2v) is 7.33. The van der Waals surface area contributed by atoms with Gasteiger partial charge in [-0.3, -0.25) is 10.2 Å². The van der Waals surface area contributed by atoms with Crippen molar-refractivity contribution < 1.29 is 14.3 Å². The van der Waals surface area contributed by atoms with E-state index in [2.05, 4.69) is 10.1 Å². The quantitative estimate of drug-likeness (QED) is 0.813. The van der Waals surface area contributed by atoms with Crippen LogP contribution in [0.2, 0.25) is 0 Å². The average Bonchev–Trinajstić information content (AvgIpc) is 3.32. The standard InChI is InChI=1S/C20H14N4O3S/c21-18-14(8-13-6-7-15-16(9-13)27-11-26-15)19(25)22-20-24(18)23-17(28-20)10-12-4-2-1-3-5-12/h1-9,21H,10-11H2. The Hall–Kier alpha value is -3.39. The SMILES string of the molecule is N=C1C(=Cc2ccc3c(c2)OCO3)C(=O)N=C2SC(Cc3ccccc3)=NN12. The Morgan fingerprint density at radius 3 is 2.82 bits per heavy atom. The number of fused-ring (bicyclic) bond motifs is 2. The van der Waals surface area contributed by atoms with Crippen LogP contribution >= 0.6 is 11.8 Å². The van der Waals surface area contributed by atoms with Crippen LogP contribution in [0.4, 0.5) is 0 Å². The van der Waals surface area contributed by atoms with E-state index < -0.39 is 5.91 Å². The first-order chi connectivity index (χ1) is 13.7. The Balaban J connectivity index is 1.42. The van der Waals surface area contributed by atoms with Gasteiger partial charge in [0.05, 0.1) is 5.57 Å². The fourth-order valence-electron chi connectivity index (χ4n) is 3.04. The largest absolute Gasteiger partial charge is 0.454 e. The first-order valence-electron chi connectivity index (χ1n) is 8.60. The minimum Gasteiger partial charge on any atom is -0.454 e. The van der Waals surface area contributed by atoms with Crippen LogP contribution in [0.3, 0.4) is 0 Å². The van der Waals surface area contributed by atoms with E-state index in [-0.39, 0.29) is 18.2 Å². The minimum atomic E-state index is -0.447. The number of carbonyl (C=O) groups is 1. The van der Waals surface area contributed by atoms with E-state index >= 15 is 0 Å². The van der Waals surface area contributed by atoms with Crippen LogP contribution in [0, 0.1) is 5.41 Å². The number of hydrogen-bond acceptors (Lipinski definition) is 6. The van der Waals surface area contributed by atoms with Gasteiger partial charge in [0.2, 0.25) is 12.0 Å². The Morgan fingerprint density at radius 2 is 1.96 bits per heavy atom. The molecule has 0 atom stereocenters. The smallest absolute Gasteiger partial charge is 0.283 e. The van der Waals surface area contributed by atoms with Crippen LogP contribution in [-0.4, -0.2) is 33.8 Å². The molecule has 0 saturated carbocycles. The summed E-state index contributed by atoms with van der Waals surface area (Å²) in [6.07, 6.45) is 2.26. The van der Waals surface area contributed by atoms with E-state index in [9.17, 15) is 4.79 Å². The van der Waals surface area contributed by atoms with E-state index in [1.54, 1.807) is 18.2 Å². The van der Waals surface area contributed by atoms with Crippen molar-refractivity contribution in [3.63, 3.8) is 0 Å². The molecule has 3 aliphatic rings. The number of amidine groups is 2. The highest BCUT2D eigenvalue weighted by Crippen LogP contribution is 2.34. The molecule has 0 aromatic heterocycles. The van der Waals surface area contributed by atoms with Crippen molar-refractivity contribution in [2.45, 2.75) is 6.42 Å². The van der Waals surface area contributed by atoms with Gasteiger partial charge >= 0.3 is 0 Å². The molecule has 8 heteroatoms. The molecule has 7 nitrogen and oxygen atoms in total. The van der Waals surface area contributed by atoms with Gasteiger partial charge in [-0.2, -0.15) is 15.1 Å². The van der Waals surface area contributed by atoms with E-state index in [0.29, 0.717) is 23.1 Å². The molecule has 0 spiro atoms. The molecule has 28 heavy (non-hydrogen) atoms. The van der Waals surface area contributed by atoms with Gasteiger partial charge in [-0.05, 0) is 41.1 Å². The maximum Gasteiger partial charge on any atom is 0.283 e. The fraction of sp³-hybridized carbons (Fsp3) is 0.100. The average molecular weight is 390 g/mol. The van der Waals surface area contributed by atoms with Gasteiger partial charge in [-0.1, -0.05) is 36.4 Å². The molecule has 138 valence electrons. The van der Waals surface area contributed by atoms with Crippen LogP contribution in [0.15, 0.2) is 64.2 Å². The molecule has 0 saturated heterocycles. The van der Waals surface area contributed by atoms with Crippen LogP contribution < -0.4 is 9.47 Å². The summed E-state index contributed by atoms with van der Waals surface area (Å²) in [6, 6.07) is 15.3. The number of benzene rings is 2. The summed E-state index contributed by atoms with van der Waals surface area (Å²) in [7, 11) is 0. The number of ether oxygens (including phenoxy) is 2. The highest BCUT2D eigenvalue weighted by molar-refractivity contribution is 8.26. The van der Waals surface area contributed by atoms with E-state index in [4.69, 9.17) is 14.9 Å². The lowest BCUT2D eigenvalue weighted by Gasteiger charge is -2.20. The van der Waals surface area contributed by atoms with Crippen molar-refractivity contribution in [1.29, 1.82) is 5.41 Å². The van der Waals surface area contributed by atoms with Crippen LogP contribution in [0.5, 0.6) is 11.5 Å². The Kier molecular flexibility index (Phi) is 3.98. The lowest BCUT2D eigenvalue weighted by atomic mass is 10.1. The topological polar surface area (TPSA) is 87.3 Å². The molecule has 0 radical (unpaired) electrons. The van der Waals surface area contributed by atoms with Crippen LogP contribution in [-0.2, 0) is 11.2 Å². The maximum absolute atomic E-state index is 12.5. The third kappa shape index (κ3) is 2.97. The van der Waals surface area contributed by atoms with Crippen molar-refractivity contribution in [2.24, 2.45) is 10.1 Å². The number of nitrogens with one attached hydrogen (secondary N) is 1. The van der Waals surface area contributed by atoms with Crippen LogP contribution in [0.1, 0.15) is 11.1 Å². The summed E-state index contributed by atoms with van der Waals surface area (Å²) >= 11 is 1.32. The normalized spacial score (nSPS) is 19.0. The Bertz CT molecular complexity index is 1090. The fourth-order valence-corrected chi connectivity index (χ4v) is 3.96. The highest BCUT2D eigenvalue weighted by atomic mass is 32.2. The molecular weight excluding hydrogens is 376 g/mol. The summed E-state index contributed by atoms with van der Waals surface area (Å²) in [5, 5.41) is 15.6. The predicted octanol–water partition coefficient (Wildman–Crippen LogP) is 3.28. The number of nitrogens with zero attached hydrogens (tertiary/aromatic N) is 3. The minimum absolute atomic E-state index is 0.0169. The van der Waals surface area contributed by atoms with E-state index in [1.165, 1.54) is 16.8 Å². The zero-order valence-corrected chi connectivity index (χ0v) is 15.4. The summed E-state index contributed by atoms with van der Waals surface area (Å²) in [6.45, 7) is 0.182. The van der Waals surface area contributed by atoms with Crippen LogP contribution in [0.25, 0.3) is 6.08 Å². The number of thioether (sulfide) groups is 1. The summed E-state index contributed by atoms with van der Waals surface area (Å²) < 4.78 is 10.7. The van der Waals surface area contributed by atoms with Crippen molar-refractivity contribution in [3.05, 3.63) is 65.2 Å². The predicted molar refractivity (Wildman–Crippen MR) is 108 cm³/mol. The summed E-state index contributed by atoms with van der Waals surface area (Å²) in [4.78, 5) is 16.6. The first-order valence-corrected chi connectivity index (χ1v) is 9.42. The Labute approximate surface area is 164 Å². The monoisotopic (exact) mass is 390 g/mol. The van der Waals surface area contributed by atoms with Crippen molar-refractivity contribution in [1.82, 2.24) is 5.01 Å². The molecule has 1 N–H and O–H groups in total. The third-order valence-electron chi connectivity index (χ3n) is 4.40. The third-order valence-corrected chi connectivity index (χ3v) is 5.31. The van der Waals surface area contributed by atoms with Gasteiger partial charge in [0.1, 0.15) is 5.04 Å². The summed E-state index contributed by atoms with van der Waals surface area (Å²) in [5.41, 5.74) is 2.03. The molecule has 1 amide bonds. The molecule has 0 bridgehead atoms. The number of carbonyl (C=O) groups excluding carboxylic acids is 1. The molecule has 0 fully saturated rings. The summed E-state index contributed by atoms with van der Waals surface area (Å²) in [5.74, 6) is 0.854. The molecule has 0 unspecified atom stereocenters. The number of amides is 1. The van der Waals surface area contributed by atoms with Crippen molar-refractivity contribution in [3.8, 4) is 11.5 Å². The lowest BCUT2D eigenvalue weighted by Crippen LogP contribution is -2.35. The molecular formula is C20H14N4O3S. The number of aliphatic imine (C=N–C) groups is 1. The van der Waals surface area contributed by atoms with E-state index in [1.807, 2.05) is 36.4 Å². The highest BCUT2D eigenvalue weighted by Gasteiger charge is 2.35. The van der Waals surface area contributed by atoms with Crippen molar-refractivity contribution in [2.75, 3.05) is 6.79 Å². The van der Waals surface area contributed by atoms with Gasteiger partial charge in [-0.15, -0.1) is 0 Å². The Morgan fingerprint density at radius 1 is 1.14 bits per heavy atom. The molecule has 3 heterocycles. The zero-order valence-electron chi connectivity index (χ0n) is 14.6. The van der Waals surface area contributed by atoms with Crippen molar-refractivity contribution >= 4 is 39.8 Å². The molecule has 2 aromatic rings. The van der Waals surface area contributed by atoms with Gasteiger partial charge in [0.25, 0.3) is 5.91 Å². The van der Waals surface area contributed by atoms with Gasteiger partial charge in [0.15, 0.2) is 17.3 Å². The van der Waals surface area contributed by atoms with Gasteiger partial charge in [0, 0.05) is 6.42 Å². The maximum atomic E-state index is 12.5. The molecule has 3 aliphatic heterocycles. The zero-order chi connectivity index (χ0) is 19.1. The molecule has 0 aliphatic carbocycles. The molecule has 2 aromatic carbocycles.